The summed E-state index contributed by atoms with van der Waals surface area (Å²) < 4.78 is 5.21. The minimum atomic E-state index is -0.701. The van der Waals surface area contributed by atoms with Gasteiger partial charge in [0.15, 0.2) is 12.0 Å². The largest absolute Gasteiger partial charge is 0.444 e. The van der Waals surface area contributed by atoms with Crippen molar-refractivity contribution in [1.29, 1.82) is 0 Å². The van der Waals surface area contributed by atoms with E-state index in [0.717, 1.165) is 0 Å². The Kier molecular flexibility index (Phi) is 5.69. The van der Waals surface area contributed by atoms with E-state index in [1.165, 1.54) is 0 Å². The average molecular weight is 347 g/mol. The van der Waals surface area contributed by atoms with Gasteiger partial charge in [0.2, 0.25) is 0 Å². The lowest BCUT2D eigenvalue weighted by Gasteiger charge is -2.24. The number of allylic oxidation sites excluding steroid dienone is 1. The first-order valence-electron chi connectivity index (χ1n) is 8.21. The molecule has 136 valence electrons. The number of nitrogens with one attached hydrogen (secondary N) is 2. The molecule has 8 heteroatoms. The number of ether oxygens (including phenoxy) is 1. The van der Waals surface area contributed by atoms with Crippen LogP contribution in [0.1, 0.15) is 34.6 Å². The first-order valence-corrected chi connectivity index (χ1v) is 8.21. The summed E-state index contributed by atoms with van der Waals surface area (Å²) in [6, 6.07) is 0. The highest BCUT2D eigenvalue weighted by atomic mass is 16.6. The van der Waals surface area contributed by atoms with Gasteiger partial charge < -0.3 is 15.2 Å². The van der Waals surface area contributed by atoms with Crippen LogP contribution in [0.25, 0.3) is 0 Å². The number of alkyl carbamates (subject to hydrolysis) is 1. The molecule has 2 aliphatic rings. The molecule has 0 radical (unpaired) electrons. The van der Waals surface area contributed by atoms with E-state index in [-0.39, 0.29) is 18.6 Å². The molecule has 2 unspecified atom stereocenters. The van der Waals surface area contributed by atoms with Crippen molar-refractivity contribution in [2.75, 3.05) is 6.54 Å². The molecule has 0 spiro atoms. The second kappa shape index (κ2) is 7.57. The highest BCUT2D eigenvalue weighted by Crippen LogP contribution is 2.13. The van der Waals surface area contributed by atoms with Gasteiger partial charge in [0.25, 0.3) is 0 Å². The van der Waals surface area contributed by atoms with Gasteiger partial charge in [0.05, 0.1) is 6.54 Å². The number of hydrogen-bond donors (Lipinski definition) is 3. The third-order valence-electron chi connectivity index (χ3n) is 3.28. The summed E-state index contributed by atoms with van der Waals surface area (Å²) in [5, 5.41) is 22.7. The van der Waals surface area contributed by atoms with Crippen molar-refractivity contribution in [2.45, 2.75) is 52.5 Å². The maximum Gasteiger partial charge on any atom is 0.407 e. The van der Waals surface area contributed by atoms with E-state index in [9.17, 15) is 9.90 Å². The zero-order valence-electron chi connectivity index (χ0n) is 15.2. The van der Waals surface area contributed by atoms with Gasteiger partial charge in [-0.3, -0.25) is 5.43 Å². The average Bonchev–Trinajstić information content (AvgIpc) is 2.91. The number of carbonyl (C=O) groups is 1. The van der Waals surface area contributed by atoms with E-state index >= 15 is 0 Å². The molecule has 3 N–H and O–H groups in total. The van der Waals surface area contributed by atoms with Crippen molar-refractivity contribution < 1.29 is 14.6 Å². The lowest BCUT2D eigenvalue weighted by atomic mass is 10.1. The molecule has 2 heterocycles. The molecule has 0 saturated heterocycles. The van der Waals surface area contributed by atoms with E-state index < -0.39 is 17.8 Å². The number of amidine groups is 1. The maximum absolute atomic E-state index is 11.8. The third kappa shape index (κ3) is 5.50. The van der Waals surface area contributed by atoms with Crippen LogP contribution in [-0.2, 0) is 4.74 Å². The number of nitrogens with zero attached hydrogens (tertiary/aromatic N) is 3. The summed E-state index contributed by atoms with van der Waals surface area (Å²) in [6.07, 6.45) is 1.98. The van der Waals surface area contributed by atoms with Gasteiger partial charge in [-0.2, -0.15) is 10.2 Å². The Balaban J connectivity index is 1.96. The van der Waals surface area contributed by atoms with E-state index in [1.54, 1.807) is 37.9 Å². The monoisotopic (exact) mass is 347 g/mol. The molecule has 2 atom stereocenters. The van der Waals surface area contributed by atoms with Gasteiger partial charge in [-0.05, 0) is 44.8 Å². The fourth-order valence-corrected chi connectivity index (χ4v) is 1.95. The molecule has 0 aromatic carbocycles. The van der Waals surface area contributed by atoms with E-state index in [2.05, 4.69) is 32.8 Å². The zero-order valence-corrected chi connectivity index (χ0v) is 15.2. The predicted molar refractivity (Wildman–Crippen MR) is 95.6 cm³/mol. The number of rotatable bonds is 3. The fraction of sp³-hybridized carbons (Fsp3) is 0.588. The Morgan fingerprint density at radius 3 is 2.84 bits per heavy atom. The van der Waals surface area contributed by atoms with Crippen molar-refractivity contribution in [3.63, 3.8) is 0 Å². The second-order valence-electron chi connectivity index (χ2n) is 7.12. The summed E-state index contributed by atoms with van der Waals surface area (Å²) in [4.78, 5) is 11.8. The topological polar surface area (TPSA) is 98.5 Å². The van der Waals surface area contributed by atoms with Crippen LogP contribution in [0.2, 0.25) is 0 Å². The highest BCUT2D eigenvalue weighted by Gasteiger charge is 2.29. The molecular weight excluding hydrogens is 322 g/mol. The zero-order chi connectivity index (χ0) is 18.6. The second-order valence-corrected chi connectivity index (χ2v) is 7.12. The predicted octanol–water partition coefficient (Wildman–Crippen LogP) is 1.00. The number of aliphatic hydroxyl groups excluding tert-OH is 1. The lowest BCUT2D eigenvalue weighted by molar-refractivity contribution is 0.0514. The van der Waals surface area contributed by atoms with Gasteiger partial charge in [0.1, 0.15) is 17.4 Å². The molecule has 1 amide bonds. The molecule has 0 aliphatic carbocycles. The molecule has 2 rings (SSSR count). The summed E-state index contributed by atoms with van der Waals surface area (Å²) in [5.74, 6) is 6.31. The standard InChI is InChI=1S/C17H25N5O3/c1-11(2)13(23)8-6-12-7-9-14-19-20-15(22(14)21-12)10-18-16(24)25-17(3,4)5/h7,9,11,13,15,20,23H,10H2,1-5H3,(H,18,24). The normalized spacial score (nSPS) is 20.0. The van der Waals surface area contributed by atoms with Gasteiger partial charge in [0, 0.05) is 0 Å². The minimum absolute atomic E-state index is 0.0528. The van der Waals surface area contributed by atoms with E-state index in [1.807, 2.05) is 13.8 Å². The van der Waals surface area contributed by atoms with Gasteiger partial charge in [-0.1, -0.05) is 19.8 Å². The Hall–Kier alpha value is -2.53. The van der Waals surface area contributed by atoms with Crippen LogP contribution in [0.3, 0.4) is 0 Å². The lowest BCUT2D eigenvalue weighted by Crippen LogP contribution is -2.47. The smallest absolute Gasteiger partial charge is 0.407 e. The molecule has 2 aliphatic heterocycles. The van der Waals surface area contributed by atoms with Gasteiger partial charge in [-0.25, -0.2) is 9.80 Å². The van der Waals surface area contributed by atoms with Crippen LogP contribution >= 0.6 is 0 Å². The van der Waals surface area contributed by atoms with Crippen LogP contribution in [0.4, 0.5) is 4.79 Å². The number of hydrazone groups is 2. The van der Waals surface area contributed by atoms with Crippen molar-refractivity contribution in [3.05, 3.63) is 12.2 Å². The minimum Gasteiger partial charge on any atom is -0.444 e. The Bertz CT molecular complexity index is 664. The summed E-state index contributed by atoms with van der Waals surface area (Å²) in [6.45, 7) is 9.46. The summed E-state index contributed by atoms with van der Waals surface area (Å²) in [5.41, 5.74) is 2.87. The van der Waals surface area contributed by atoms with Gasteiger partial charge >= 0.3 is 6.09 Å². The molecule has 8 nitrogen and oxygen atoms in total. The number of hydrogen-bond acceptors (Lipinski definition) is 7. The molecule has 0 fully saturated rings. The van der Waals surface area contributed by atoms with E-state index in [4.69, 9.17) is 4.74 Å². The third-order valence-corrected chi connectivity index (χ3v) is 3.28. The molecule has 25 heavy (non-hydrogen) atoms. The summed E-state index contributed by atoms with van der Waals surface area (Å²) >= 11 is 0. The number of fused-ring (bicyclic) bond motifs is 1. The number of aliphatic hydroxyl groups is 1. The van der Waals surface area contributed by atoms with Crippen LogP contribution < -0.4 is 10.7 Å². The van der Waals surface area contributed by atoms with Crippen LogP contribution in [0.15, 0.2) is 22.4 Å². The van der Waals surface area contributed by atoms with Crippen molar-refractivity contribution >= 4 is 17.6 Å². The number of carbonyl (C=O) groups excluding carboxylic acids is 1. The van der Waals surface area contributed by atoms with E-state index in [0.29, 0.717) is 11.5 Å². The Morgan fingerprint density at radius 2 is 2.20 bits per heavy atom. The molecule has 0 aromatic heterocycles. The molecule has 0 bridgehead atoms. The number of amides is 1. The first kappa shape index (κ1) is 18.8. The fourth-order valence-electron chi connectivity index (χ4n) is 1.95. The van der Waals surface area contributed by atoms with Crippen LogP contribution in [-0.4, -0.2) is 52.2 Å². The van der Waals surface area contributed by atoms with Gasteiger partial charge in [-0.15, -0.1) is 0 Å². The van der Waals surface area contributed by atoms with Crippen molar-refractivity contribution in [3.8, 4) is 11.8 Å². The first-order chi connectivity index (χ1) is 11.7. The molecule has 0 aromatic rings. The maximum atomic E-state index is 11.8. The Morgan fingerprint density at radius 1 is 1.48 bits per heavy atom. The summed E-state index contributed by atoms with van der Waals surface area (Å²) in [7, 11) is 0. The van der Waals surface area contributed by atoms with Crippen LogP contribution in [0.5, 0.6) is 0 Å². The van der Waals surface area contributed by atoms with Crippen LogP contribution in [0, 0.1) is 17.8 Å². The molecular formula is C17H25N5O3. The van der Waals surface area contributed by atoms with Crippen molar-refractivity contribution in [2.24, 2.45) is 16.1 Å². The highest BCUT2D eigenvalue weighted by molar-refractivity contribution is 6.14. The quantitative estimate of drug-likeness (QED) is 0.662. The Labute approximate surface area is 148 Å². The molecule has 0 saturated carbocycles. The van der Waals surface area contributed by atoms with Crippen molar-refractivity contribution in [1.82, 2.24) is 15.8 Å². The SMILES string of the molecule is CC(C)C(O)C#CC1=NN2C(=NNC2CNC(=O)OC(C)(C)C)C=C1.